The van der Waals surface area contributed by atoms with E-state index in [-0.39, 0.29) is 0 Å². The largest absolute Gasteiger partial charge is 0.340 e. The first-order valence-electron chi connectivity index (χ1n) is 3.02. The van der Waals surface area contributed by atoms with Gasteiger partial charge in [-0.05, 0) is 12.5 Å². The summed E-state index contributed by atoms with van der Waals surface area (Å²) in [5.41, 5.74) is 0. The molecule has 0 atom stereocenters. The average Bonchev–Trinajstić information content (AvgIpc) is 1.80. The Kier molecular flexibility index (Phi) is 5.21. The van der Waals surface area contributed by atoms with E-state index in [1.54, 1.807) is 0 Å². The zero-order valence-electron chi connectivity index (χ0n) is 5.85. The fourth-order valence-corrected chi connectivity index (χ4v) is 0.388. The van der Waals surface area contributed by atoms with Crippen LogP contribution >= 0.6 is 0 Å². The molecular weight excluding hydrogens is 116 g/mol. The van der Waals surface area contributed by atoms with Gasteiger partial charge in [-0.1, -0.05) is 13.8 Å². The van der Waals surface area contributed by atoms with Crippen LogP contribution in [0.1, 0.15) is 13.8 Å². The molecule has 2 N–H and O–H groups in total. The summed E-state index contributed by atoms with van der Waals surface area (Å²) < 4.78 is 0. The van der Waals surface area contributed by atoms with Crippen LogP contribution in [0.25, 0.3) is 0 Å². The van der Waals surface area contributed by atoms with Gasteiger partial charge in [0.15, 0.2) is 0 Å². The van der Waals surface area contributed by atoms with Crippen molar-refractivity contribution in [2.24, 2.45) is 5.92 Å². The van der Waals surface area contributed by atoms with Crippen molar-refractivity contribution >= 4 is 6.41 Å². The van der Waals surface area contributed by atoms with Crippen molar-refractivity contribution in [3.8, 4) is 0 Å². The molecule has 1 radical (unpaired) electrons. The molecule has 0 saturated heterocycles. The van der Waals surface area contributed by atoms with E-state index in [1.807, 2.05) is 0 Å². The summed E-state index contributed by atoms with van der Waals surface area (Å²) in [5.74, 6) is 0.606. The van der Waals surface area contributed by atoms with Gasteiger partial charge in [0.25, 0.3) is 0 Å². The summed E-state index contributed by atoms with van der Waals surface area (Å²) >= 11 is 0. The number of rotatable bonds is 5. The van der Waals surface area contributed by atoms with Crippen LogP contribution < -0.4 is 10.6 Å². The van der Waals surface area contributed by atoms with E-state index in [0.717, 1.165) is 6.54 Å². The second kappa shape index (κ2) is 5.56. The van der Waals surface area contributed by atoms with Crippen LogP contribution in [0.4, 0.5) is 0 Å². The number of amides is 1. The van der Waals surface area contributed by atoms with Crippen molar-refractivity contribution in [2.45, 2.75) is 13.8 Å². The average molecular weight is 129 g/mol. The van der Waals surface area contributed by atoms with Crippen molar-refractivity contribution < 1.29 is 4.79 Å². The van der Waals surface area contributed by atoms with Gasteiger partial charge in [-0.15, -0.1) is 0 Å². The SMILES string of the molecule is CC(C)CN[CH]NC=O. The molecule has 0 aromatic carbocycles. The Bertz CT molecular complexity index is 73.5. The van der Waals surface area contributed by atoms with E-state index in [4.69, 9.17) is 0 Å². The summed E-state index contributed by atoms with van der Waals surface area (Å²) in [6.07, 6.45) is 0.632. The summed E-state index contributed by atoms with van der Waals surface area (Å²) in [7, 11) is 0. The zero-order valence-corrected chi connectivity index (χ0v) is 5.85. The Labute approximate surface area is 55.8 Å². The van der Waals surface area contributed by atoms with E-state index < -0.39 is 0 Å². The van der Waals surface area contributed by atoms with Crippen LogP contribution in [0.5, 0.6) is 0 Å². The Balaban J connectivity index is 2.82. The van der Waals surface area contributed by atoms with Crippen molar-refractivity contribution in [1.29, 1.82) is 0 Å². The van der Waals surface area contributed by atoms with Gasteiger partial charge in [-0.2, -0.15) is 0 Å². The molecule has 0 aromatic rings. The molecule has 0 aliphatic carbocycles. The highest BCUT2D eigenvalue weighted by atomic mass is 16.1. The molecule has 3 heteroatoms. The third kappa shape index (κ3) is 7.43. The highest BCUT2D eigenvalue weighted by Gasteiger charge is 1.89. The smallest absolute Gasteiger partial charge is 0.208 e. The van der Waals surface area contributed by atoms with Crippen LogP contribution in [-0.4, -0.2) is 13.0 Å². The molecule has 0 aliphatic rings. The van der Waals surface area contributed by atoms with Crippen LogP contribution in [0, 0.1) is 12.6 Å². The Hall–Kier alpha value is -0.570. The molecule has 53 valence electrons. The molecule has 3 nitrogen and oxygen atoms in total. The molecular formula is C6H13N2O. The monoisotopic (exact) mass is 129 g/mol. The van der Waals surface area contributed by atoms with Crippen LogP contribution in [-0.2, 0) is 4.79 Å². The Morgan fingerprint density at radius 3 is 2.67 bits per heavy atom. The number of nitrogens with one attached hydrogen (secondary N) is 2. The second-order valence-corrected chi connectivity index (χ2v) is 2.23. The van der Waals surface area contributed by atoms with Crippen LogP contribution in [0.15, 0.2) is 0 Å². The predicted octanol–water partition coefficient (Wildman–Crippen LogP) is 0.0973. The van der Waals surface area contributed by atoms with Gasteiger partial charge in [0.05, 0.1) is 0 Å². The van der Waals surface area contributed by atoms with Gasteiger partial charge in [-0.3, -0.25) is 10.1 Å². The van der Waals surface area contributed by atoms with Crippen molar-refractivity contribution in [3.63, 3.8) is 0 Å². The minimum absolute atomic E-state index is 0.606. The lowest BCUT2D eigenvalue weighted by Gasteiger charge is -2.04. The molecule has 0 heterocycles. The van der Waals surface area contributed by atoms with Crippen molar-refractivity contribution in [3.05, 3.63) is 6.67 Å². The standard InChI is InChI=1S/C6H13N2O/c1-6(2)3-7-4-8-5-9/h4-7H,3H2,1-2H3,(H,8,9). The van der Waals surface area contributed by atoms with Crippen LogP contribution in [0.3, 0.4) is 0 Å². The maximum Gasteiger partial charge on any atom is 0.208 e. The first-order valence-corrected chi connectivity index (χ1v) is 3.02. The quantitative estimate of drug-likeness (QED) is 0.408. The lowest BCUT2D eigenvalue weighted by atomic mass is 10.2. The number of hydrogen-bond acceptors (Lipinski definition) is 2. The minimum atomic E-state index is 0.606. The van der Waals surface area contributed by atoms with E-state index >= 15 is 0 Å². The topological polar surface area (TPSA) is 41.1 Å². The molecule has 0 bridgehead atoms. The zero-order chi connectivity index (χ0) is 7.11. The van der Waals surface area contributed by atoms with E-state index in [2.05, 4.69) is 24.5 Å². The first kappa shape index (κ1) is 8.43. The van der Waals surface area contributed by atoms with Gasteiger partial charge in [-0.25, -0.2) is 0 Å². The number of hydrogen-bond donors (Lipinski definition) is 2. The fourth-order valence-electron chi connectivity index (χ4n) is 0.388. The van der Waals surface area contributed by atoms with E-state index in [1.165, 1.54) is 6.67 Å². The second-order valence-electron chi connectivity index (χ2n) is 2.23. The maximum absolute atomic E-state index is 9.67. The molecule has 0 unspecified atom stereocenters. The normalized spacial score (nSPS) is 9.67. The van der Waals surface area contributed by atoms with Crippen molar-refractivity contribution in [1.82, 2.24) is 10.6 Å². The summed E-state index contributed by atoms with van der Waals surface area (Å²) in [6, 6.07) is 0. The highest BCUT2D eigenvalue weighted by molar-refractivity contribution is 5.46. The Morgan fingerprint density at radius 1 is 1.56 bits per heavy atom. The Morgan fingerprint density at radius 2 is 2.22 bits per heavy atom. The molecule has 0 rings (SSSR count). The van der Waals surface area contributed by atoms with Crippen molar-refractivity contribution in [2.75, 3.05) is 6.54 Å². The van der Waals surface area contributed by atoms with E-state index in [0.29, 0.717) is 12.3 Å². The lowest BCUT2D eigenvalue weighted by molar-refractivity contribution is -0.109. The molecule has 0 aromatic heterocycles. The lowest BCUT2D eigenvalue weighted by Crippen LogP contribution is -2.24. The fraction of sp³-hybridized carbons (Fsp3) is 0.667. The van der Waals surface area contributed by atoms with Gasteiger partial charge < -0.3 is 5.32 Å². The predicted molar refractivity (Wildman–Crippen MR) is 36.3 cm³/mol. The molecule has 0 spiro atoms. The summed E-state index contributed by atoms with van der Waals surface area (Å²) in [6.45, 7) is 6.62. The third-order valence-corrected chi connectivity index (χ3v) is 0.780. The van der Waals surface area contributed by atoms with Crippen LogP contribution in [0.2, 0.25) is 0 Å². The van der Waals surface area contributed by atoms with Gasteiger partial charge in [0.1, 0.15) is 6.67 Å². The molecule has 1 amide bonds. The van der Waals surface area contributed by atoms with Gasteiger partial charge in [0.2, 0.25) is 6.41 Å². The minimum Gasteiger partial charge on any atom is -0.340 e. The third-order valence-electron chi connectivity index (χ3n) is 0.780. The van der Waals surface area contributed by atoms with Gasteiger partial charge >= 0.3 is 0 Å². The maximum atomic E-state index is 9.67. The highest BCUT2D eigenvalue weighted by Crippen LogP contribution is 1.85. The molecule has 0 fully saturated rings. The number of carbonyl (C=O) groups is 1. The van der Waals surface area contributed by atoms with E-state index in [9.17, 15) is 4.79 Å². The first-order chi connectivity index (χ1) is 4.27. The molecule has 9 heavy (non-hydrogen) atoms. The summed E-state index contributed by atoms with van der Waals surface area (Å²) in [5, 5.41) is 5.31. The van der Waals surface area contributed by atoms with Gasteiger partial charge in [0, 0.05) is 0 Å². The molecule has 0 saturated carbocycles. The molecule has 0 aliphatic heterocycles. The number of carbonyl (C=O) groups excluding carboxylic acids is 1. The summed E-state index contributed by atoms with van der Waals surface area (Å²) in [4.78, 5) is 9.67.